The first-order valence-corrected chi connectivity index (χ1v) is 8.84. The van der Waals surface area contributed by atoms with Gasteiger partial charge in [0, 0.05) is 19.6 Å². The maximum Gasteiger partial charge on any atom is 0.0916 e. The standard InChI is InChI=1S/C21H27NO2/c1-17-7-5-6-10-19(17)16-24-20-11-13-22(14-12-20)15-21(23)18-8-3-2-4-9-18/h2-10,20-21,23H,11-16H2,1H3. The molecule has 1 N–H and O–H groups in total. The molecule has 2 aromatic rings. The second-order valence-electron chi connectivity index (χ2n) is 6.66. The molecule has 1 aliphatic heterocycles. The Morgan fingerprint density at radius 2 is 1.71 bits per heavy atom. The first-order chi connectivity index (χ1) is 11.7. The Morgan fingerprint density at radius 3 is 2.42 bits per heavy atom. The summed E-state index contributed by atoms with van der Waals surface area (Å²) in [5, 5.41) is 10.3. The van der Waals surface area contributed by atoms with E-state index in [4.69, 9.17) is 4.74 Å². The quantitative estimate of drug-likeness (QED) is 0.879. The van der Waals surface area contributed by atoms with E-state index in [1.165, 1.54) is 11.1 Å². The minimum Gasteiger partial charge on any atom is -0.387 e. The summed E-state index contributed by atoms with van der Waals surface area (Å²) in [5.74, 6) is 0. The number of rotatable bonds is 6. The van der Waals surface area contributed by atoms with E-state index in [9.17, 15) is 5.11 Å². The molecule has 3 nitrogen and oxygen atoms in total. The van der Waals surface area contributed by atoms with Gasteiger partial charge in [0.2, 0.25) is 0 Å². The maximum absolute atomic E-state index is 10.3. The van der Waals surface area contributed by atoms with Crippen LogP contribution < -0.4 is 0 Å². The minimum atomic E-state index is -0.407. The summed E-state index contributed by atoms with van der Waals surface area (Å²) in [6.07, 6.45) is 1.99. The SMILES string of the molecule is Cc1ccccc1COC1CCN(CC(O)c2ccccc2)CC1. The van der Waals surface area contributed by atoms with Gasteiger partial charge in [-0.05, 0) is 36.5 Å². The molecule has 3 heteroatoms. The fourth-order valence-electron chi connectivity index (χ4n) is 3.26. The van der Waals surface area contributed by atoms with E-state index in [1.54, 1.807) is 0 Å². The van der Waals surface area contributed by atoms with Gasteiger partial charge in [-0.15, -0.1) is 0 Å². The lowest BCUT2D eigenvalue weighted by Crippen LogP contribution is -2.39. The molecule has 2 aromatic carbocycles. The Bertz CT molecular complexity index is 621. The number of piperidine rings is 1. The Balaban J connectivity index is 1.42. The summed E-state index contributed by atoms with van der Waals surface area (Å²) in [7, 11) is 0. The molecule has 1 aliphatic rings. The van der Waals surface area contributed by atoms with E-state index < -0.39 is 6.10 Å². The molecule has 24 heavy (non-hydrogen) atoms. The van der Waals surface area contributed by atoms with Crippen LogP contribution in [0.2, 0.25) is 0 Å². The molecule has 1 fully saturated rings. The first-order valence-electron chi connectivity index (χ1n) is 8.84. The fraction of sp³-hybridized carbons (Fsp3) is 0.429. The van der Waals surface area contributed by atoms with Crippen LogP contribution in [0.4, 0.5) is 0 Å². The average molecular weight is 325 g/mol. The molecular weight excluding hydrogens is 298 g/mol. The van der Waals surface area contributed by atoms with Crippen molar-refractivity contribution in [2.75, 3.05) is 19.6 Å². The van der Waals surface area contributed by atoms with Gasteiger partial charge < -0.3 is 14.7 Å². The van der Waals surface area contributed by atoms with Crippen LogP contribution in [0.25, 0.3) is 0 Å². The maximum atomic E-state index is 10.3. The molecule has 1 atom stereocenters. The molecular formula is C21H27NO2. The second kappa shape index (κ2) is 8.43. The first kappa shape index (κ1) is 17.2. The zero-order valence-electron chi connectivity index (χ0n) is 14.4. The van der Waals surface area contributed by atoms with Crippen LogP contribution in [-0.4, -0.2) is 35.7 Å². The van der Waals surface area contributed by atoms with Gasteiger partial charge in [-0.3, -0.25) is 0 Å². The number of nitrogens with zero attached hydrogens (tertiary/aromatic N) is 1. The predicted molar refractivity (Wildman–Crippen MR) is 96.8 cm³/mol. The van der Waals surface area contributed by atoms with Crippen molar-refractivity contribution in [3.8, 4) is 0 Å². The van der Waals surface area contributed by atoms with Crippen molar-refractivity contribution in [2.45, 2.75) is 38.6 Å². The van der Waals surface area contributed by atoms with Gasteiger partial charge in [0.05, 0.1) is 18.8 Å². The third-order valence-electron chi connectivity index (χ3n) is 4.89. The zero-order valence-corrected chi connectivity index (χ0v) is 14.4. The highest BCUT2D eigenvalue weighted by Gasteiger charge is 2.22. The van der Waals surface area contributed by atoms with Crippen molar-refractivity contribution in [1.82, 2.24) is 4.90 Å². The van der Waals surface area contributed by atoms with Gasteiger partial charge in [0.1, 0.15) is 0 Å². The molecule has 0 saturated carbocycles. The highest BCUT2D eigenvalue weighted by molar-refractivity contribution is 5.24. The molecule has 1 heterocycles. The number of aryl methyl sites for hydroxylation is 1. The number of aliphatic hydroxyl groups is 1. The second-order valence-corrected chi connectivity index (χ2v) is 6.66. The molecule has 0 amide bonds. The molecule has 1 unspecified atom stereocenters. The van der Waals surface area contributed by atoms with Crippen LogP contribution in [0.3, 0.4) is 0 Å². The van der Waals surface area contributed by atoms with Gasteiger partial charge in [0.25, 0.3) is 0 Å². The molecule has 0 spiro atoms. The van der Waals surface area contributed by atoms with Crippen LogP contribution in [0, 0.1) is 6.92 Å². The lowest BCUT2D eigenvalue weighted by Gasteiger charge is -2.33. The number of ether oxygens (including phenoxy) is 1. The van der Waals surface area contributed by atoms with Crippen molar-refractivity contribution in [3.05, 3.63) is 71.3 Å². The fourth-order valence-corrected chi connectivity index (χ4v) is 3.26. The van der Waals surface area contributed by atoms with E-state index in [0.717, 1.165) is 31.5 Å². The highest BCUT2D eigenvalue weighted by Crippen LogP contribution is 2.20. The van der Waals surface area contributed by atoms with E-state index in [2.05, 4.69) is 36.1 Å². The van der Waals surface area contributed by atoms with Crippen LogP contribution in [-0.2, 0) is 11.3 Å². The minimum absolute atomic E-state index is 0.328. The summed E-state index contributed by atoms with van der Waals surface area (Å²) >= 11 is 0. The number of β-amino-alcohol motifs (C(OH)–C–C–N with tert-alkyl or cyclic N) is 1. The summed E-state index contributed by atoms with van der Waals surface area (Å²) < 4.78 is 6.10. The number of benzene rings is 2. The molecule has 1 saturated heterocycles. The summed E-state index contributed by atoms with van der Waals surface area (Å²) in [4.78, 5) is 2.34. The van der Waals surface area contributed by atoms with Crippen molar-refractivity contribution in [2.24, 2.45) is 0 Å². The van der Waals surface area contributed by atoms with E-state index in [0.29, 0.717) is 19.3 Å². The van der Waals surface area contributed by atoms with E-state index in [1.807, 2.05) is 30.3 Å². The van der Waals surface area contributed by atoms with Gasteiger partial charge in [-0.25, -0.2) is 0 Å². The zero-order chi connectivity index (χ0) is 16.8. The van der Waals surface area contributed by atoms with Crippen LogP contribution in [0.15, 0.2) is 54.6 Å². The normalized spacial score (nSPS) is 17.8. The van der Waals surface area contributed by atoms with Gasteiger partial charge in [-0.2, -0.15) is 0 Å². The third kappa shape index (κ3) is 4.67. The smallest absolute Gasteiger partial charge is 0.0916 e. The molecule has 0 aromatic heterocycles. The van der Waals surface area contributed by atoms with Crippen molar-refractivity contribution < 1.29 is 9.84 Å². The lowest BCUT2D eigenvalue weighted by atomic mass is 10.0. The average Bonchev–Trinajstić information content (AvgIpc) is 2.63. The van der Waals surface area contributed by atoms with Crippen molar-refractivity contribution in [1.29, 1.82) is 0 Å². The number of likely N-dealkylation sites (tertiary alicyclic amines) is 1. The van der Waals surface area contributed by atoms with Crippen molar-refractivity contribution >= 4 is 0 Å². The van der Waals surface area contributed by atoms with Crippen molar-refractivity contribution in [3.63, 3.8) is 0 Å². The number of aliphatic hydroxyl groups excluding tert-OH is 1. The number of hydrogen-bond acceptors (Lipinski definition) is 3. The lowest BCUT2D eigenvalue weighted by molar-refractivity contribution is -0.0110. The van der Waals surface area contributed by atoms with Gasteiger partial charge in [0.15, 0.2) is 0 Å². The van der Waals surface area contributed by atoms with E-state index >= 15 is 0 Å². The van der Waals surface area contributed by atoms with Gasteiger partial charge in [-0.1, -0.05) is 54.6 Å². The van der Waals surface area contributed by atoms with Crippen LogP contribution in [0.5, 0.6) is 0 Å². The largest absolute Gasteiger partial charge is 0.387 e. The molecule has 3 rings (SSSR count). The third-order valence-corrected chi connectivity index (χ3v) is 4.89. The summed E-state index contributed by atoms with van der Waals surface area (Å²) in [5.41, 5.74) is 3.57. The Morgan fingerprint density at radius 1 is 1.04 bits per heavy atom. The Hall–Kier alpha value is -1.68. The van der Waals surface area contributed by atoms with Crippen LogP contribution in [0.1, 0.15) is 35.6 Å². The molecule has 0 bridgehead atoms. The monoisotopic (exact) mass is 325 g/mol. The summed E-state index contributed by atoms with van der Waals surface area (Å²) in [6, 6.07) is 18.3. The summed E-state index contributed by atoms with van der Waals surface area (Å²) in [6.45, 7) is 5.51. The number of hydrogen-bond donors (Lipinski definition) is 1. The molecule has 0 radical (unpaired) electrons. The highest BCUT2D eigenvalue weighted by atomic mass is 16.5. The predicted octanol–water partition coefficient (Wildman–Crippen LogP) is 3.71. The topological polar surface area (TPSA) is 32.7 Å². The molecule has 0 aliphatic carbocycles. The van der Waals surface area contributed by atoms with Crippen LogP contribution >= 0.6 is 0 Å². The van der Waals surface area contributed by atoms with Gasteiger partial charge >= 0.3 is 0 Å². The van der Waals surface area contributed by atoms with E-state index in [-0.39, 0.29) is 0 Å². The Labute approximate surface area is 144 Å². The Kier molecular flexibility index (Phi) is 6.02. The molecule has 128 valence electrons.